The summed E-state index contributed by atoms with van der Waals surface area (Å²) in [6.07, 6.45) is 0. The highest BCUT2D eigenvalue weighted by Gasteiger charge is 2.51. The predicted octanol–water partition coefficient (Wildman–Crippen LogP) is 14.2. The van der Waals surface area contributed by atoms with E-state index >= 15 is 0 Å². The lowest BCUT2D eigenvalue weighted by Crippen LogP contribution is -2.26. The van der Waals surface area contributed by atoms with Gasteiger partial charge in [-0.3, -0.25) is 0 Å². The second-order valence-electron chi connectivity index (χ2n) is 15.6. The Morgan fingerprint density at radius 2 is 0.815 bits per heavy atom. The lowest BCUT2D eigenvalue weighted by atomic mass is 9.70. The number of rotatable bonds is 3. The Labute approximate surface area is 319 Å². The van der Waals surface area contributed by atoms with Crippen molar-refractivity contribution in [2.75, 3.05) is 4.90 Å². The second kappa shape index (κ2) is 10.7. The lowest BCUT2D eigenvalue weighted by Gasteiger charge is -2.32. The van der Waals surface area contributed by atoms with E-state index < -0.39 is 5.41 Å². The molecule has 0 fully saturated rings. The van der Waals surface area contributed by atoms with Crippen LogP contribution in [0, 0.1) is 0 Å². The number of thiophene rings is 1. The normalized spacial score (nSPS) is 14.8. The molecular formula is C52H35NS. The van der Waals surface area contributed by atoms with Crippen molar-refractivity contribution in [2.45, 2.75) is 24.7 Å². The maximum atomic E-state index is 2.51. The summed E-state index contributed by atoms with van der Waals surface area (Å²) in [5.41, 5.74) is 19.2. The molecule has 1 spiro atoms. The van der Waals surface area contributed by atoms with Gasteiger partial charge in [0.25, 0.3) is 0 Å². The summed E-state index contributed by atoms with van der Waals surface area (Å²) >= 11 is 1.87. The molecule has 0 radical (unpaired) electrons. The van der Waals surface area contributed by atoms with Gasteiger partial charge < -0.3 is 4.90 Å². The van der Waals surface area contributed by atoms with Gasteiger partial charge in [-0.1, -0.05) is 141 Å². The minimum atomic E-state index is -0.408. The summed E-state index contributed by atoms with van der Waals surface area (Å²) in [7, 11) is 0. The van der Waals surface area contributed by atoms with Crippen LogP contribution in [-0.2, 0) is 10.8 Å². The quantitative estimate of drug-likeness (QED) is 0.177. The highest BCUT2D eigenvalue weighted by molar-refractivity contribution is 7.25. The Morgan fingerprint density at radius 3 is 1.50 bits per heavy atom. The Balaban J connectivity index is 1.14. The van der Waals surface area contributed by atoms with Crippen LogP contribution in [0.25, 0.3) is 53.6 Å². The van der Waals surface area contributed by atoms with Crippen LogP contribution in [0.5, 0.6) is 0 Å². The van der Waals surface area contributed by atoms with E-state index in [1.54, 1.807) is 0 Å². The fourth-order valence-electron chi connectivity index (χ4n) is 10.4. The van der Waals surface area contributed by atoms with E-state index in [9.17, 15) is 0 Å². The summed E-state index contributed by atoms with van der Waals surface area (Å²) in [6, 6.07) is 66.5. The van der Waals surface area contributed by atoms with E-state index in [-0.39, 0.29) is 5.41 Å². The summed E-state index contributed by atoms with van der Waals surface area (Å²) in [4.78, 5) is 2.50. The van der Waals surface area contributed by atoms with Gasteiger partial charge >= 0.3 is 0 Å². The molecule has 254 valence electrons. The third kappa shape index (κ3) is 3.78. The zero-order valence-corrected chi connectivity index (χ0v) is 30.9. The fourth-order valence-corrected chi connectivity index (χ4v) is 11.5. The average molecular weight is 706 g/mol. The van der Waals surface area contributed by atoms with E-state index in [1.165, 1.54) is 86.9 Å². The Bertz CT molecular complexity index is 2990. The molecule has 0 atom stereocenters. The van der Waals surface area contributed by atoms with Crippen molar-refractivity contribution in [3.05, 3.63) is 209 Å². The van der Waals surface area contributed by atoms with E-state index in [4.69, 9.17) is 0 Å². The molecule has 9 aromatic rings. The molecule has 0 N–H and O–H groups in total. The number of hydrogen-bond donors (Lipinski definition) is 0. The van der Waals surface area contributed by atoms with Gasteiger partial charge in [0.15, 0.2) is 0 Å². The van der Waals surface area contributed by atoms with E-state index in [1.807, 2.05) is 11.3 Å². The monoisotopic (exact) mass is 705 g/mol. The van der Waals surface area contributed by atoms with E-state index in [0.29, 0.717) is 0 Å². The van der Waals surface area contributed by atoms with Crippen LogP contribution in [0.2, 0.25) is 0 Å². The third-order valence-electron chi connectivity index (χ3n) is 12.7. The summed E-state index contributed by atoms with van der Waals surface area (Å²) in [6.45, 7) is 4.72. The molecule has 1 aromatic heterocycles. The van der Waals surface area contributed by atoms with Gasteiger partial charge in [-0.05, 0) is 115 Å². The smallest absolute Gasteiger partial charge is 0.0726 e. The molecule has 0 saturated carbocycles. The minimum Gasteiger partial charge on any atom is -0.310 e. The molecule has 0 amide bonds. The van der Waals surface area contributed by atoms with Crippen molar-refractivity contribution >= 4 is 48.6 Å². The van der Waals surface area contributed by atoms with Crippen molar-refractivity contribution in [2.24, 2.45) is 0 Å². The van der Waals surface area contributed by atoms with Crippen LogP contribution < -0.4 is 4.90 Å². The molecule has 1 heterocycles. The molecule has 12 rings (SSSR count). The lowest BCUT2D eigenvalue weighted by molar-refractivity contribution is 0.660. The highest BCUT2D eigenvalue weighted by atomic mass is 32.1. The summed E-state index contributed by atoms with van der Waals surface area (Å²) in [5, 5.41) is 2.61. The molecule has 2 heteroatoms. The van der Waals surface area contributed by atoms with Crippen molar-refractivity contribution < 1.29 is 0 Å². The zero-order chi connectivity index (χ0) is 35.8. The average Bonchev–Trinajstić information content (AvgIpc) is 3.90. The maximum absolute atomic E-state index is 2.51. The largest absolute Gasteiger partial charge is 0.310 e. The molecule has 0 aliphatic heterocycles. The van der Waals surface area contributed by atoms with E-state index in [0.717, 1.165) is 17.1 Å². The number of nitrogens with zero attached hydrogens (tertiary/aromatic N) is 1. The van der Waals surface area contributed by atoms with Crippen LogP contribution in [0.1, 0.15) is 47.2 Å². The van der Waals surface area contributed by atoms with Gasteiger partial charge in [-0.25, -0.2) is 0 Å². The van der Waals surface area contributed by atoms with Crippen LogP contribution in [0.4, 0.5) is 17.1 Å². The van der Waals surface area contributed by atoms with Crippen LogP contribution in [0.15, 0.2) is 176 Å². The number of fused-ring (bicyclic) bond motifs is 16. The number of anilines is 3. The number of benzene rings is 8. The van der Waals surface area contributed by atoms with Gasteiger partial charge in [0.2, 0.25) is 0 Å². The molecule has 1 nitrogen and oxygen atoms in total. The molecule has 0 bridgehead atoms. The Hall–Kier alpha value is -6.22. The number of hydrogen-bond acceptors (Lipinski definition) is 2. The Kier molecular flexibility index (Phi) is 5.99. The molecule has 3 aliphatic carbocycles. The molecule has 3 aliphatic rings. The van der Waals surface area contributed by atoms with Crippen molar-refractivity contribution in [1.82, 2.24) is 0 Å². The second-order valence-corrected chi connectivity index (χ2v) is 16.7. The predicted molar refractivity (Wildman–Crippen MR) is 228 cm³/mol. The van der Waals surface area contributed by atoms with Crippen molar-refractivity contribution in [3.63, 3.8) is 0 Å². The Morgan fingerprint density at radius 1 is 0.352 bits per heavy atom. The molecule has 0 saturated heterocycles. The first kappa shape index (κ1) is 30.3. The van der Waals surface area contributed by atoms with Crippen molar-refractivity contribution in [3.8, 4) is 33.4 Å². The molecule has 54 heavy (non-hydrogen) atoms. The fraction of sp³-hybridized carbons (Fsp3) is 0.0769. The molecule has 8 aromatic carbocycles. The first-order valence-electron chi connectivity index (χ1n) is 18.9. The minimum absolute atomic E-state index is 0.0568. The molecule has 0 unspecified atom stereocenters. The molecular weight excluding hydrogens is 671 g/mol. The first-order chi connectivity index (χ1) is 26.5. The summed E-state index contributed by atoms with van der Waals surface area (Å²) < 4.78 is 2.63. The first-order valence-corrected chi connectivity index (χ1v) is 19.7. The van der Waals surface area contributed by atoms with E-state index in [2.05, 4.69) is 195 Å². The zero-order valence-electron chi connectivity index (χ0n) is 30.1. The third-order valence-corrected chi connectivity index (χ3v) is 13.8. The standard InChI is InChI=1S/C52H35NS/c1-51(2)43-18-8-3-16-38(43)41-29-32(24-27-44(41)51)53(33-25-28-50-42(30-33)40-17-7-12-22-49(40)54-50)34-23-26-39-37-15-6-11-21-47(37)52(48(39)31-34)45-19-9-4-13-35(45)36-14-5-10-20-46(36)52/h3-31H,1-2H3. The van der Waals surface area contributed by atoms with Crippen LogP contribution >= 0.6 is 11.3 Å². The van der Waals surface area contributed by atoms with Crippen molar-refractivity contribution in [1.29, 1.82) is 0 Å². The van der Waals surface area contributed by atoms with Crippen LogP contribution in [0.3, 0.4) is 0 Å². The van der Waals surface area contributed by atoms with Gasteiger partial charge in [0.1, 0.15) is 0 Å². The van der Waals surface area contributed by atoms with Crippen LogP contribution in [-0.4, -0.2) is 0 Å². The van der Waals surface area contributed by atoms with Gasteiger partial charge in [-0.2, -0.15) is 0 Å². The van der Waals surface area contributed by atoms with Gasteiger partial charge in [-0.15, -0.1) is 11.3 Å². The van der Waals surface area contributed by atoms with Gasteiger partial charge in [0, 0.05) is 42.6 Å². The topological polar surface area (TPSA) is 3.24 Å². The summed E-state index contributed by atoms with van der Waals surface area (Å²) in [5.74, 6) is 0. The van der Waals surface area contributed by atoms with Gasteiger partial charge in [0.05, 0.1) is 5.41 Å². The SMILES string of the molecule is CC1(C)c2ccccc2-c2cc(N(c3ccc4c(c3)C3(c5ccccc5-c5ccccc53)c3ccccc3-4)c3ccc4sc5ccccc5c4c3)ccc21. The maximum Gasteiger partial charge on any atom is 0.0726 e. The highest BCUT2D eigenvalue weighted by Crippen LogP contribution is 2.63.